The third kappa shape index (κ3) is 3.61. The Bertz CT molecular complexity index is 983. The van der Waals surface area contributed by atoms with E-state index < -0.39 is 11.4 Å². The number of rotatable bonds is 7. The summed E-state index contributed by atoms with van der Waals surface area (Å²) >= 11 is 0. The second-order valence-electron chi connectivity index (χ2n) is 6.10. The minimum absolute atomic E-state index is 0.221. The second kappa shape index (κ2) is 7.86. The average Bonchev–Trinajstić information content (AvgIpc) is 2.67. The molecular weight excluding hydrogens is 332 g/mol. The van der Waals surface area contributed by atoms with Crippen LogP contribution in [0.2, 0.25) is 0 Å². The first-order valence-corrected chi connectivity index (χ1v) is 8.65. The van der Waals surface area contributed by atoms with E-state index in [0.29, 0.717) is 18.0 Å². The molecule has 26 heavy (non-hydrogen) atoms. The Morgan fingerprint density at radius 3 is 2.65 bits per heavy atom. The van der Waals surface area contributed by atoms with Gasteiger partial charge >= 0.3 is 5.97 Å². The van der Waals surface area contributed by atoms with Crippen molar-refractivity contribution < 1.29 is 9.90 Å². The first kappa shape index (κ1) is 17.7. The highest BCUT2D eigenvalue weighted by molar-refractivity contribution is 5.91. The topological polar surface area (TPSA) is 98.0 Å². The van der Waals surface area contributed by atoms with Crippen LogP contribution in [-0.2, 0) is 6.54 Å². The van der Waals surface area contributed by atoms with Crippen molar-refractivity contribution >= 4 is 17.0 Å². The number of hydrogen-bond acceptors (Lipinski definition) is 5. The molecule has 3 aromatic heterocycles. The minimum Gasteiger partial charge on any atom is -0.477 e. The highest BCUT2D eigenvalue weighted by Crippen LogP contribution is 2.17. The van der Waals surface area contributed by atoms with E-state index in [0.717, 1.165) is 31.2 Å². The van der Waals surface area contributed by atoms with Crippen molar-refractivity contribution in [2.24, 2.45) is 0 Å². The number of nitrogens with zero attached hydrogens (tertiary/aromatic N) is 4. The molecule has 0 fully saturated rings. The number of carboxylic acids is 1. The van der Waals surface area contributed by atoms with Crippen LogP contribution < -0.4 is 5.43 Å². The van der Waals surface area contributed by atoms with Crippen molar-refractivity contribution in [2.75, 3.05) is 0 Å². The van der Waals surface area contributed by atoms with Crippen LogP contribution >= 0.6 is 0 Å². The van der Waals surface area contributed by atoms with Gasteiger partial charge in [0.1, 0.15) is 11.2 Å². The zero-order valence-corrected chi connectivity index (χ0v) is 14.6. The van der Waals surface area contributed by atoms with Crippen LogP contribution in [0.5, 0.6) is 0 Å². The highest BCUT2D eigenvalue weighted by Gasteiger charge is 2.16. The van der Waals surface area contributed by atoms with E-state index in [-0.39, 0.29) is 10.9 Å². The quantitative estimate of drug-likeness (QED) is 0.656. The van der Waals surface area contributed by atoms with Crippen LogP contribution in [-0.4, -0.2) is 30.6 Å². The van der Waals surface area contributed by atoms with E-state index in [9.17, 15) is 14.7 Å². The number of aromatic carboxylic acids is 1. The SMILES string of the molecule is CCCCCCn1cc(C(=O)O)c(=O)c2cnc(-c3ccncc3)nc21. The van der Waals surface area contributed by atoms with Crippen LogP contribution in [0.4, 0.5) is 0 Å². The predicted molar refractivity (Wildman–Crippen MR) is 98.1 cm³/mol. The Kier molecular flexibility index (Phi) is 5.36. The normalized spacial score (nSPS) is 11.0. The Labute approximate surface area is 150 Å². The van der Waals surface area contributed by atoms with E-state index in [2.05, 4.69) is 21.9 Å². The van der Waals surface area contributed by atoms with E-state index in [1.165, 1.54) is 12.4 Å². The van der Waals surface area contributed by atoms with Gasteiger partial charge in [0.2, 0.25) is 5.43 Å². The molecule has 0 aliphatic carbocycles. The van der Waals surface area contributed by atoms with Gasteiger partial charge in [0.15, 0.2) is 5.82 Å². The summed E-state index contributed by atoms with van der Waals surface area (Å²) in [7, 11) is 0. The van der Waals surface area contributed by atoms with E-state index in [1.807, 2.05) is 0 Å². The smallest absolute Gasteiger partial charge is 0.341 e. The molecule has 3 heterocycles. The van der Waals surface area contributed by atoms with Gasteiger partial charge in [-0.2, -0.15) is 0 Å². The Morgan fingerprint density at radius 2 is 1.96 bits per heavy atom. The van der Waals surface area contributed by atoms with Gasteiger partial charge in [0, 0.05) is 36.9 Å². The Balaban J connectivity index is 2.12. The molecule has 0 radical (unpaired) electrons. The maximum Gasteiger partial charge on any atom is 0.341 e. The molecule has 0 aromatic carbocycles. The molecule has 0 amide bonds. The molecule has 1 N–H and O–H groups in total. The molecule has 0 unspecified atom stereocenters. The Hall–Kier alpha value is -3.09. The molecule has 0 aliphatic rings. The number of aromatic nitrogens is 4. The maximum absolute atomic E-state index is 12.5. The molecule has 0 saturated carbocycles. The monoisotopic (exact) mass is 352 g/mol. The standard InChI is InChI=1S/C19H20N4O3/c1-2-3-4-5-10-23-12-15(19(25)26)16(24)14-11-21-17(22-18(14)23)13-6-8-20-9-7-13/h6-9,11-12H,2-5,10H2,1H3,(H,25,26). The molecule has 7 nitrogen and oxygen atoms in total. The summed E-state index contributed by atoms with van der Waals surface area (Å²) in [5.41, 5.74) is 0.430. The molecule has 7 heteroatoms. The highest BCUT2D eigenvalue weighted by atomic mass is 16.4. The molecule has 3 aromatic rings. The van der Waals surface area contributed by atoms with Gasteiger partial charge in [-0.05, 0) is 18.6 Å². The third-order valence-corrected chi connectivity index (χ3v) is 4.24. The lowest BCUT2D eigenvalue weighted by molar-refractivity contribution is 0.0695. The van der Waals surface area contributed by atoms with Crippen LogP contribution in [0.15, 0.2) is 41.7 Å². The van der Waals surface area contributed by atoms with Gasteiger partial charge in [0.25, 0.3) is 0 Å². The number of hydrogen-bond donors (Lipinski definition) is 1. The number of aryl methyl sites for hydroxylation is 1. The van der Waals surface area contributed by atoms with Crippen molar-refractivity contribution in [3.63, 3.8) is 0 Å². The summed E-state index contributed by atoms with van der Waals surface area (Å²) in [6, 6.07) is 3.58. The minimum atomic E-state index is -1.24. The summed E-state index contributed by atoms with van der Waals surface area (Å²) in [5.74, 6) is -0.762. The molecular formula is C19H20N4O3. The molecule has 0 atom stereocenters. The van der Waals surface area contributed by atoms with E-state index in [4.69, 9.17) is 0 Å². The summed E-state index contributed by atoms with van der Waals surface area (Å²) in [6.07, 6.45) is 10.2. The Morgan fingerprint density at radius 1 is 1.19 bits per heavy atom. The third-order valence-electron chi connectivity index (χ3n) is 4.24. The van der Waals surface area contributed by atoms with Gasteiger partial charge in [0.05, 0.1) is 5.39 Å². The molecule has 3 rings (SSSR count). The largest absolute Gasteiger partial charge is 0.477 e. The summed E-state index contributed by atoms with van der Waals surface area (Å²) in [4.78, 5) is 36.6. The van der Waals surface area contributed by atoms with Gasteiger partial charge in [-0.3, -0.25) is 9.78 Å². The molecule has 0 spiro atoms. The first-order valence-electron chi connectivity index (χ1n) is 8.65. The molecule has 0 bridgehead atoms. The predicted octanol–water partition coefficient (Wildman–Crippen LogP) is 3.13. The summed E-state index contributed by atoms with van der Waals surface area (Å²) in [6.45, 7) is 2.73. The lowest BCUT2D eigenvalue weighted by Crippen LogP contribution is -2.20. The van der Waals surface area contributed by atoms with E-state index in [1.54, 1.807) is 29.1 Å². The van der Waals surface area contributed by atoms with Gasteiger partial charge in [-0.25, -0.2) is 14.8 Å². The fourth-order valence-electron chi connectivity index (χ4n) is 2.84. The van der Waals surface area contributed by atoms with E-state index >= 15 is 0 Å². The van der Waals surface area contributed by atoms with Crippen molar-refractivity contribution in [3.8, 4) is 11.4 Å². The zero-order chi connectivity index (χ0) is 18.5. The fraction of sp³-hybridized carbons (Fsp3) is 0.316. The molecule has 134 valence electrons. The number of pyridine rings is 2. The fourth-order valence-corrected chi connectivity index (χ4v) is 2.84. The number of carbonyl (C=O) groups is 1. The van der Waals surface area contributed by atoms with Crippen LogP contribution in [0.25, 0.3) is 22.4 Å². The number of unbranched alkanes of at least 4 members (excludes halogenated alkanes) is 3. The zero-order valence-electron chi connectivity index (χ0n) is 14.6. The van der Waals surface area contributed by atoms with Crippen LogP contribution in [0.3, 0.4) is 0 Å². The van der Waals surface area contributed by atoms with Crippen LogP contribution in [0.1, 0.15) is 43.0 Å². The van der Waals surface area contributed by atoms with Gasteiger partial charge < -0.3 is 9.67 Å². The van der Waals surface area contributed by atoms with Crippen LogP contribution in [0, 0.1) is 0 Å². The van der Waals surface area contributed by atoms with Crippen molar-refractivity contribution in [2.45, 2.75) is 39.2 Å². The lowest BCUT2D eigenvalue weighted by atomic mass is 10.1. The number of fused-ring (bicyclic) bond motifs is 1. The van der Waals surface area contributed by atoms with Crippen molar-refractivity contribution in [1.82, 2.24) is 19.5 Å². The molecule has 0 aliphatic heterocycles. The summed E-state index contributed by atoms with van der Waals surface area (Å²) in [5, 5.41) is 9.55. The van der Waals surface area contributed by atoms with Crippen molar-refractivity contribution in [3.05, 3.63) is 52.7 Å². The second-order valence-corrected chi connectivity index (χ2v) is 6.10. The number of carboxylic acid groups (broad SMARTS) is 1. The first-order chi connectivity index (χ1) is 12.6. The lowest BCUT2D eigenvalue weighted by Gasteiger charge is -2.12. The van der Waals surface area contributed by atoms with Gasteiger partial charge in [-0.1, -0.05) is 26.2 Å². The van der Waals surface area contributed by atoms with Gasteiger partial charge in [-0.15, -0.1) is 0 Å². The summed E-state index contributed by atoms with van der Waals surface area (Å²) < 4.78 is 1.75. The average molecular weight is 352 g/mol. The maximum atomic E-state index is 12.5. The molecule has 0 saturated heterocycles. The van der Waals surface area contributed by atoms with Crippen molar-refractivity contribution in [1.29, 1.82) is 0 Å².